The van der Waals surface area contributed by atoms with Crippen molar-refractivity contribution in [2.24, 2.45) is 0 Å². The maximum absolute atomic E-state index is 12.6. The Labute approximate surface area is 135 Å². The van der Waals surface area contributed by atoms with Gasteiger partial charge in [-0.2, -0.15) is 0 Å². The molecule has 0 radical (unpaired) electrons. The van der Waals surface area contributed by atoms with Crippen LogP contribution in [0.3, 0.4) is 0 Å². The van der Waals surface area contributed by atoms with Gasteiger partial charge in [0.1, 0.15) is 0 Å². The minimum Gasteiger partial charge on any atom is -0.289 e. The Hall–Kier alpha value is -2.33. The SMILES string of the molecule is CC1=C(C(=O)c2ccc(Br)cc2)C(=O)c2ccccc2C1=O. The first-order valence-corrected chi connectivity index (χ1v) is 7.49. The number of benzene rings is 2. The van der Waals surface area contributed by atoms with Gasteiger partial charge in [-0.3, -0.25) is 14.4 Å². The summed E-state index contributed by atoms with van der Waals surface area (Å²) in [5.41, 5.74) is 1.21. The van der Waals surface area contributed by atoms with Crippen molar-refractivity contribution in [3.63, 3.8) is 0 Å². The standard InChI is InChI=1S/C18H11BrO3/c1-10-15(17(21)11-6-8-12(19)9-7-11)18(22)14-5-3-2-4-13(14)16(10)20/h2-9H,1H3. The summed E-state index contributed by atoms with van der Waals surface area (Å²) < 4.78 is 0.839. The van der Waals surface area contributed by atoms with Crippen LogP contribution in [0.4, 0.5) is 0 Å². The van der Waals surface area contributed by atoms with Crippen molar-refractivity contribution in [2.45, 2.75) is 6.92 Å². The molecular formula is C18H11BrO3. The molecule has 108 valence electrons. The van der Waals surface area contributed by atoms with E-state index in [1.54, 1.807) is 48.5 Å². The molecule has 1 aliphatic carbocycles. The van der Waals surface area contributed by atoms with Crippen LogP contribution in [0, 0.1) is 0 Å². The third-order valence-corrected chi connectivity index (χ3v) is 4.22. The molecule has 0 amide bonds. The van der Waals surface area contributed by atoms with Gasteiger partial charge in [-0.05, 0) is 31.2 Å². The fourth-order valence-corrected chi connectivity index (χ4v) is 2.78. The normalized spacial score (nSPS) is 14.1. The van der Waals surface area contributed by atoms with Crippen LogP contribution in [-0.4, -0.2) is 17.3 Å². The summed E-state index contributed by atoms with van der Waals surface area (Å²) in [4.78, 5) is 37.6. The molecule has 1 aliphatic rings. The third-order valence-electron chi connectivity index (χ3n) is 3.69. The van der Waals surface area contributed by atoms with Gasteiger partial charge in [0.15, 0.2) is 17.3 Å². The monoisotopic (exact) mass is 354 g/mol. The number of hydrogen-bond acceptors (Lipinski definition) is 3. The number of ketones is 3. The molecule has 3 nitrogen and oxygen atoms in total. The van der Waals surface area contributed by atoms with Crippen molar-refractivity contribution in [3.05, 3.63) is 80.8 Å². The summed E-state index contributed by atoms with van der Waals surface area (Å²) in [6, 6.07) is 13.3. The first-order chi connectivity index (χ1) is 10.5. The molecule has 2 aromatic rings. The number of allylic oxidation sites excluding steroid dienone is 2. The molecule has 0 aromatic heterocycles. The summed E-state index contributed by atoms with van der Waals surface area (Å²) in [6.07, 6.45) is 0. The molecule has 22 heavy (non-hydrogen) atoms. The summed E-state index contributed by atoms with van der Waals surface area (Å²) in [6.45, 7) is 1.53. The Balaban J connectivity index is 2.12. The Morgan fingerprint density at radius 1 is 0.864 bits per heavy atom. The summed E-state index contributed by atoms with van der Waals surface area (Å²) >= 11 is 3.30. The highest BCUT2D eigenvalue weighted by molar-refractivity contribution is 9.10. The van der Waals surface area contributed by atoms with Crippen molar-refractivity contribution in [2.75, 3.05) is 0 Å². The van der Waals surface area contributed by atoms with Gasteiger partial charge in [0.2, 0.25) is 0 Å². The lowest BCUT2D eigenvalue weighted by atomic mass is 9.82. The van der Waals surface area contributed by atoms with Crippen LogP contribution >= 0.6 is 15.9 Å². The van der Waals surface area contributed by atoms with Crippen molar-refractivity contribution >= 4 is 33.3 Å². The maximum Gasteiger partial charge on any atom is 0.198 e. The van der Waals surface area contributed by atoms with E-state index in [-0.39, 0.29) is 22.7 Å². The number of fused-ring (bicyclic) bond motifs is 1. The average molecular weight is 355 g/mol. The Morgan fingerprint density at radius 2 is 1.41 bits per heavy atom. The fourth-order valence-electron chi connectivity index (χ4n) is 2.52. The number of carbonyl (C=O) groups excluding carboxylic acids is 3. The van der Waals surface area contributed by atoms with Gasteiger partial charge in [0, 0.05) is 26.7 Å². The number of Topliss-reactive ketones (excluding diaryl/α,β-unsaturated/α-hetero) is 3. The van der Waals surface area contributed by atoms with E-state index >= 15 is 0 Å². The van der Waals surface area contributed by atoms with E-state index in [1.807, 2.05) is 0 Å². The average Bonchev–Trinajstić information content (AvgIpc) is 2.53. The molecule has 2 aromatic carbocycles. The molecule has 0 N–H and O–H groups in total. The highest BCUT2D eigenvalue weighted by Gasteiger charge is 2.33. The molecule has 0 aliphatic heterocycles. The predicted molar refractivity (Wildman–Crippen MR) is 86.3 cm³/mol. The van der Waals surface area contributed by atoms with Gasteiger partial charge in [-0.25, -0.2) is 0 Å². The van der Waals surface area contributed by atoms with Crippen molar-refractivity contribution in [1.82, 2.24) is 0 Å². The summed E-state index contributed by atoms with van der Waals surface area (Å²) in [5, 5.41) is 0. The minimum atomic E-state index is -0.419. The lowest BCUT2D eigenvalue weighted by Gasteiger charge is -2.18. The van der Waals surface area contributed by atoms with E-state index in [0.29, 0.717) is 16.7 Å². The van der Waals surface area contributed by atoms with Gasteiger partial charge < -0.3 is 0 Å². The largest absolute Gasteiger partial charge is 0.289 e. The van der Waals surface area contributed by atoms with Gasteiger partial charge in [-0.1, -0.05) is 40.2 Å². The van der Waals surface area contributed by atoms with E-state index in [9.17, 15) is 14.4 Å². The number of halogens is 1. The molecule has 3 rings (SSSR count). The van der Waals surface area contributed by atoms with Crippen LogP contribution in [0.5, 0.6) is 0 Å². The van der Waals surface area contributed by atoms with Crippen molar-refractivity contribution < 1.29 is 14.4 Å². The zero-order valence-corrected chi connectivity index (χ0v) is 13.3. The highest BCUT2D eigenvalue weighted by Crippen LogP contribution is 2.28. The lowest BCUT2D eigenvalue weighted by Crippen LogP contribution is -2.25. The maximum atomic E-state index is 12.6. The Kier molecular flexibility index (Phi) is 3.62. The third kappa shape index (κ3) is 2.25. The molecule has 0 saturated carbocycles. The molecule has 0 bridgehead atoms. The molecule has 0 heterocycles. The Morgan fingerprint density at radius 3 is 2.00 bits per heavy atom. The van der Waals surface area contributed by atoms with E-state index < -0.39 is 5.78 Å². The van der Waals surface area contributed by atoms with Gasteiger partial charge in [0.05, 0.1) is 5.57 Å². The van der Waals surface area contributed by atoms with Crippen LogP contribution in [0.25, 0.3) is 0 Å². The Bertz CT molecular complexity index is 845. The summed E-state index contributed by atoms with van der Waals surface area (Å²) in [7, 11) is 0. The number of rotatable bonds is 2. The van der Waals surface area contributed by atoms with Crippen molar-refractivity contribution in [3.8, 4) is 0 Å². The molecule has 0 spiro atoms. The minimum absolute atomic E-state index is 0.0361. The van der Waals surface area contributed by atoms with E-state index in [0.717, 1.165) is 4.47 Å². The zero-order chi connectivity index (χ0) is 15.9. The lowest BCUT2D eigenvalue weighted by molar-refractivity contribution is 0.0927. The second-order valence-electron chi connectivity index (χ2n) is 5.04. The van der Waals surface area contributed by atoms with Crippen LogP contribution in [0.1, 0.15) is 38.0 Å². The molecular weight excluding hydrogens is 344 g/mol. The number of hydrogen-bond donors (Lipinski definition) is 0. The molecule has 0 saturated heterocycles. The molecule has 0 atom stereocenters. The van der Waals surface area contributed by atoms with Gasteiger partial charge >= 0.3 is 0 Å². The quantitative estimate of drug-likeness (QED) is 0.604. The van der Waals surface area contributed by atoms with Crippen molar-refractivity contribution in [1.29, 1.82) is 0 Å². The fraction of sp³-hybridized carbons (Fsp3) is 0.0556. The van der Waals surface area contributed by atoms with E-state index in [4.69, 9.17) is 0 Å². The first-order valence-electron chi connectivity index (χ1n) is 6.70. The van der Waals surface area contributed by atoms with E-state index in [1.165, 1.54) is 6.92 Å². The molecule has 0 unspecified atom stereocenters. The van der Waals surface area contributed by atoms with Gasteiger partial charge in [0.25, 0.3) is 0 Å². The zero-order valence-electron chi connectivity index (χ0n) is 11.7. The smallest absolute Gasteiger partial charge is 0.198 e. The second-order valence-corrected chi connectivity index (χ2v) is 5.96. The van der Waals surface area contributed by atoms with Crippen LogP contribution in [0.2, 0.25) is 0 Å². The summed E-state index contributed by atoms with van der Waals surface area (Å²) in [5.74, 6) is -1.07. The van der Waals surface area contributed by atoms with Crippen LogP contribution < -0.4 is 0 Å². The predicted octanol–water partition coefficient (Wildman–Crippen LogP) is 4.03. The van der Waals surface area contributed by atoms with Gasteiger partial charge in [-0.15, -0.1) is 0 Å². The van der Waals surface area contributed by atoms with Crippen LogP contribution in [0.15, 0.2) is 64.1 Å². The van der Waals surface area contributed by atoms with Crippen LogP contribution in [-0.2, 0) is 0 Å². The number of carbonyl (C=O) groups is 3. The second kappa shape index (κ2) is 5.46. The van der Waals surface area contributed by atoms with E-state index in [2.05, 4.69) is 15.9 Å². The highest BCUT2D eigenvalue weighted by atomic mass is 79.9. The first kappa shape index (κ1) is 14.6. The molecule has 0 fully saturated rings. The topological polar surface area (TPSA) is 51.2 Å². The molecule has 4 heteroatoms.